The molecule has 1 saturated heterocycles. The smallest absolute Gasteiger partial charge is 0.0863 e. The Bertz CT molecular complexity index is 386. The lowest BCUT2D eigenvalue weighted by Crippen LogP contribution is -2.32. The SMILES string of the molecule is CCc1nn(CC)c(CNC2CCSCC2)c1Cl. The molecule has 3 nitrogen and oxygen atoms in total. The van der Waals surface area contributed by atoms with E-state index in [4.69, 9.17) is 11.6 Å². The van der Waals surface area contributed by atoms with Crippen LogP contribution >= 0.6 is 23.4 Å². The molecule has 1 fully saturated rings. The maximum Gasteiger partial charge on any atom is 0.0863 e. The van der Waals surface area contributed by atoms with E-state index in [1.54, 1.807) is 0 Å². The second-order valence-electron chi connectivity index (χ2n) is 4.64. The van der Waals surface area contributed by atoms with Crippen LogP contribution in [0.2, 0.25) is 5.02 Å². The number of nitrogens with one attached hydrogen (secondary N) is 1. The predicted octanol–water partition coefficient (Wildman–Crippen LogP) is 3.10. The molecule has 0 aromatic carbocycles. The summed E-state index contributed by atoms with van der Waals surface area (Å²) in [7, 11) is 0. The van der Waals surface area contributed by atoms with Crippen molar-refractivity contribution in [3.8, 4) is 0 Å². The minimum Gasteiger partial charge on any atom is -0.308 e. The van der Waals surface area contributed by atoms with Crippen molar-refractivity contribution >= 4 is 23.4 Å². The lowest BCUT2D eigenvalue weighted by atomic mass is 10.1. The Morgan fingerprint density at radius 2 is 2.11 bits per heavy atom. The first-order chi connectivity index (χ1) is 8.76. The van der Waals surface area contributed by atoms with Gasteiger partial charge in [0, 0.05) is 19.1 Å². The molecule has 0 saturated carbocycles. The van der Waals surface area contributed by atoms with Gasteiger partial charge in [-0.15, -0.1) is 0 Å². The molecule has 0 spiro atoms. The molecule has 0 bridgehead atoms. The van der Waals surface area contributed by atoms with E-state index >= 15 is 0 Å². The first-order valence-corrected chi connectivity index (χ1v) is 8.34. The molecule has 1 aliphatic rings. The molecule has 1 aliphatic heterocycles. The molecular weight excluding hydrogens is 266 g/mol. The summed E-state index contributed by atoms with van der Waals surface area (Å²) in [6.45, 7) is 5.94. The van der Waals surface area contributed by atoms with E-state index in [9.17, 15) is 0 Å². The minimum absolute atomic E-state index is 0.646. The third kappa shape index (κ3) is 3.22. The number of hydrogen-bond donors (Lipinski definition) is 1. The summed E-state index contributed by atoms with van der Waals surface area (Å²) in [6.07, 6.45) is 3.44. The van der Waals surface area contributed by atoms with Gasteiger partial charge in [-0.1, -0.05) is 18.5 Å². The maximum absolute atomic E-state index is 6.40. The van der Waals surface area contributed by atoms with Crippen LogP contribution in [-0.4, -0.2) is 27.3 Å². The molecule has 2 heterocycles. The van der Waals surface area contributed by atoms with Gasteiger partial charge in [-0.2, -0.15) is 16.9 Å². The van der Waals surface area contributed by atoms with Gasteiger partial charge in [0.1, 0.15) is 0 Å². The van der Waals surface area contributed by atoms with Gasteiger partial charge in [0.15, 0.2) is 0 Å². The second kappa shape index (κ2) is 6.83. The summed E-state index contributed by atoms with van der Waals surface area (Å²) in [5, 5.41) is 9.04. The van der Waals surface area contributed by atoms with Crippen LogP contribution in [0.15, 0.2) is 0 Å². The van der Waals surface area contributed by atoms with Crippen LogP contribution in [-0.2, 0) is 19.5 Å². The van der Waals surface area contributed by atoms with Crippen LogP contribution in [0.5, 0.6) is 0 Å². The Hall–Kier alpha value is -0.190. The molecule has 0 radical (unpaired) electrons. The van der Waals surface area contributed by atoms with Crippen molar-refractivity contribution < 1.29 is 0 Å². The van der Waals surface area contributed by atoms with Crippen LogP contribution in [0.1, 0.15) is 38.1 Å². The topological polar surface area (TPSA) is 29.9 Å². The van der Waals surface area contributed by atoms with Gasteiger partial charge in [0.05, 0.1) is 16.4 Å². The van der Waals surface area contributed by atoms with E-state index in [-0.39, 0.29) is 0 Å². The fraction of sp³-hybridized carbons (Fsp3) is 0.769. The second-order valence-corrected chi connectivity index (χ2v) is 6.25. The molecule has 0 unspecified atom stereocenters. The zero-order valence-corrected chi connectivity index (χ0v) is 12.8. The average Bonchev–Trinajstić information content (AvgIpc) is 2.73. The van der Waals surface area contributed by atoms with Crippen molar-refractivity contribution in [1.82, 2.24) is 15.1 Å². The predicted molar refractivity (Wildman–Crippen MR) is 79.5 cm³/mol. The van der Waals surface area contributed by atoms with E-state index < -0.39 is 0 Å². The van der Waals surface area contributed by atoms with E-state index in [0.717, 1.165) is 35.9 Å². The monoisotopic (exact) mass is 287 g/mol. The zero-order valence-electron chi connectivity index (χ0n) is 11.2. The van der Waals surface area contributed by atoms with Gasteiger partial charge in [-0.3, -0.25) is 4.68 Å². The number of nitrogens with zero attached hydrogens (tertiary/aromatic N) is 2. The minimum atomic E-state index is 0.646. The highest BCUT2D eigenvalue weighted by molar-refractivity contribution is 7.99. The molecule has 0 amide bonds. The van der Waals surface area contributed by atoms with Gasteiger partial charge in [-0.25, -0.2) is 0 Å². The lowest BCUT2D eigenvalue weighted by molar-refractivity contribution is 0.465. The van der Waals surface area contributed by atoms with E-state index in [2.05, 4.69) is 36.0 Å². The van der Waals surface area contributed by atoms with Crippen LogP contribution in [0.4, 0.5) is 0 Å². The molecule has 1 aromatic rings. The molecular formula is C13H22ClN3S. The molecule has 2 rings (SSSR count). The largest absolute Gasteiger partial charge is 0.308 e. The highest BCUT2D eigenvalue weighted by atomic mass is 35.5. The molecule has 102 valence electrons. The van der Waals surface area contributed by atoms with Crippen LogP contribution in [0.25, 0.3) is 0 Å². The van der Waals surface area contributed by atoms with Gasteiger partial charge in [-0.05, 0) is 37.7 Å². The fourth-order valence-electron chi connectivity index (χ4n) is 2.33. The summed E-state index contributed by atoms with van der Waals surface area (Å²) < 4.78 is 2.03. The highest BCUT2D eigenvalue weighted by Gasteiger charge is 2.17. The molecule has 0 atom stereocenters. The van der Waals surface area contributed by atoms with Crippen molar-refractivity contribution in [2.45, 2.75) is 52.2 Å². The van der Waals surface area contributed by atoms with Gasteiger partial charge >= 0.3 is 0 Å². The van der Waals surface area contributed by atoms with Crippen molar-refractivity contribution in [2.75, 3.05) is 11.5 Å². The number of hydrogen-bond acceptors (Lipinski definition) is 3. The van der Waals surface area contributed by atoms with Gasteiger partial charge in [0.25, 0.3) is 0 Å². The Morgan fingerprint density at radius 1 is 1.39 bits per heavy atom. The molecule has 1 aromatic heterocycles. The first kappa shape index (κ1) is 14.2. The average molecular weight is 288 g/mol. The third-order valence-electron chi connectivity index (χ3n) is 3.47. The summed E-state index contributed by atoms with van der Waals surface area (Å²) in [4.78, 5) is 0. The van der Waals surface area contributed by atoms with Crippen LogP contribution in [0, 0.1) is 0 Å². The highest BCUT2D eigenvalue weighted by Crippen LogP contribution is 2.23. The Labute approximate surface area is 119 Å². The number of rotatable bonds is 5. The molecule has 0 aliphatic carbocycles. The molecule has 18 heavy (non-hydrogen) atoms. The number of halogens is 1. The van der Waals surface area contributed by atoms with Crippen LogP contribution in [0.3, 0.4) is 0 Å². The Kier molecular flexibility index (Phi) is 5.39. The Balaban J connectivity index is 2.01. The third-order valence-corrected chi connectivity index (χ3v) is 4.96. The number of aryl methyl sites for hydroxylation is 2. The normalized spacial score (nSPS) is 17.3. The van der Waals surface area contributed by atoms with E-state index in [1.165, 1.54) is 24.3 Å². The van der Waals surface area contributed by atoms with E-state index in [1.807, 2.05) is 4.68 Å². The quantitative estimate of drug-likeness (QED) is 0.902. The first-order valence-electron chi connectivity index (χ1n) is 6.81. The van der Waals surface area contributed by atoms with Gasteiger partial charge in [0.2, 0.25) is 0 Å². The van der Waals surface area contributed by atoms with Crippen LogP contribution < -0.4 is 5.32 Å². The Morgan fingerprint density at radius 3 is 2.72 bits per heavy atom. The summed E-state index contributed by atoms with van der Waals surface area (Å²) >= 11 is 8.45. The van der Waals surface area contributed by atoms with Crippen molar-refractivity contribution in [3.05, 3.63) is 16.4 Å². The van der Waals surface area contributed by atoms with E-state index in [0.29, 0.717) is 6.04 Å². The van der Waals surface area contributed by atoms with Crippen molar-refractivity contribution in [1.29, 1.82) is 0 Å². The number of thioether (sulfide) groups is 1. The van der Waals surface area contributed by atoms with Gasteiger partial charge < -0.3 is 5.32 Å². The number of aromatic nitrogens is 2. The standard InChI is InChI=1S/C13H22ClN3S/c1-3-11-13(14)12(17(4-2)16-11)9-15-10-5-7-18-8-6-10/h10,15H,3-9H2,1-2H3. The lowest BCUT2D eigenvalue weighted by Gasteiger charge is -2.22. The molecule has 5 heteroatoms. The summed E-state index contributed by atoms with van der Waals surface area (Å²) in [6, 6.07) is 0.646. The zero-order chi connectivity index (χ0) is 13.0. The van der Waals surface area contributed by atoms with Crippen molar-refractivity contribution in [3.63, 3.8) is 0 Å². The van der Waals surface area contributed by atoms with Crippen molar-refractivity contribution in [2.24, 2.45) is 0 Å². The fourth-order valence-corrected chi connectivity index (χ4v) is 3.77. The summed E-state index contributed by atoms with van der Waals surface area (Å²) in [5.41, 5.74) is 2.17. The summed E-state index contributed by atoms with van der Waals surface area (Å²) in [5.74, 6) is 2.55. The molecule has 1 N–H and O–H groups in total. The maximum atomic E-state index is 6.40.